The molecule has 0 aliphatic heterocycles. The quantitative estimate of drug-likeness (QED) is 0.161. The van der Waals surface area contributed by atoms with Crippen molar-refractivity contribution in [3.63, 3.8) is 0 Å². The van der Waals surface area contributed by atoms with E-state index < -0.39 is 0 Å². The second-order valence-corrected chi connectivity index (χ2v) is 12.9. The molecule has 0 fully saturated rings. The highest BCUT2D eigenvalue weighted by Crippen LogP contribution is 2.38. The van der Waals surface area contributed by atoms with Crippen LogP contribution in [-0.4, -0.2) is 9.55 Å². The minimum Gasteiger partial charge on any atom is -0.316 e. The molecule has 9 aromatic rings. The predicted octanol–water partition coefficient (Wildman–Crippen LogP) is 13.2. The molecule has 2 aromatic heterocycles. The fourth-order valence-electron chi connectivity index (χ4n) is 7.05. The summed E-state index contributed by atoms with van der Waals surface area (Å²) in [6.07, 6.45) is 4.09. The molecule has 0 aliphatic carbocycles. The van der Waals surface area contributed by atoms with Crippen LogP contribution in [0.1, 0.15) is 0 Å². The first-order valence-electron chi connectivity index (χ1n) is 17.6. The molecule has 2 heterocycles. The minimum atomic E-state index is 0.963. The third-order valence-corrected chi connectivity index (χ3v) is 9.72. The highest BCUT2D eigenvalue weighted by Gasteiger charge is 2.15. The molecule has 0 atom stereocenters. The molecule has 3 heteroatoms. The molecule has 0 bridgehead atoms. The van der Waals surface area contributed by atoms with Gasteiger partial charge in [0, 0.05) is 51.7 Å². The third-order valence-electron chi connectivity index (χ3n) is 9.72. The van der Waals surface area contributed by atoms with Gasteiger partial charge in [0.2, 0.25) is 0 Å². The van der Waals surface area contributed by atoms with Crippen LogP contribution < -0.4 is 4.90 Å². The number of fused-ring (bicyclic) bond motifs is 1. The van der Waals surface area contributed by atoms with Gasteiger partial charge in [0.05, 0.1) is 11.2 Å². The summed E-state index contributed by atoms with van der Waals surface area (Å²) >= 11 is 0. The van der Waals surface area contributed by atoms with Crippen molar-refractivity contribution >= 4 is 28.0 Å². The lowest BCUT2D eigenvalue weighted by atomic mass is 10.0. The number of anilines is 3. The lowest BCUT2D eigenvalue weighted by molar-refractivity contribution is 1.13. The summed E-state index contributed by atoms with van der Waals surface area (Å²) in [6, 6.07) is 71.0. The Morgan fingerprint density at radius 2 is 0.827 bits per heavy atom. The fourth-order valence-corrected chi connectivity index (χ4v) is 7.05. The van der Waals surface area contributed by atoms with E-state index in [9.17, 15) is 0 Å². The fraction of sp³-hybridized carbons (Fsp3) is 0. The van der Waals surface area contributed by atoms with Crippen molar-refractivity contribution in [2.24, 2.45) is 0 Å². The maximum absolute atomic E-state index is 4.55. The van der Waals surface area contributed by atoms with Gasteiger partial charge in [-0.3, -0.25) is 4.98 Å². The molecule has 52 heavy (non-hydrogen) atoms. The number of hydrogen-bond acceptors (Lipinski definition) is 2. The van der Waals surface area contributed by atoms with Crippen molar-refractivity contribution in [2.75, 3.05) is 4.90 Å². The molecule has 0 aliphatic rings. The van der Waals surface area contributed by atoms with Crippen molar-refractivity contribution in [1.29, 1.82) is 0 Å². The SMILES string of the molecule is c1ccc(-c2ccc(N(c3ccc(-c4ccc(-n5cc(-c6ccccc6)c6ccccc65)cc4)cc3)c3ccc(-c4ccccn4)cc3)cc2)cc1. The lowest BCUT2D eigenvalue weighted by Gasteiger charge is -2.26. The minimum absolute atomic E-state index is 0.963. The van der Waals surface area contributed by atoms with Gasteiger partial charge in [-0.05, 0) is 94.5 Å². The van der Waals surface area contributed by atoms with Crippen molar-refractivity contribution in [3.8, 4) is 50.3 Å². The van der Waals surface area contributed by atoms with Gasteiger partial charge in [0.15, 0.2) is 0 Å². The van der Waals surface area contributed by atoms with Crippen LogP contribution in [0.5, 0.6) is 0 Å². The number of pyridine rings is 1. The first-order valence-corrected chi connectivity index (χ1v) is 17.6. The number of hydrogen-bond donors (Lipinski definition) is 0. The van der Waals surface area contributed by atoms with E-state index in [-0.39, 0.29) is 0 Å². The summed E-state index contributed by atoms with van der Waals surface area (Å²) in [7, 11) is 0. The molecule has 0 unspecified atom stereocenters. The number of nitrogens with zero attached hydrogens (tertiary/aromatic N) is 3. The normalized spacial score (nSPS) is 11.1. The van der Waals surface area contributed by atoms with Crippen molar-refractivity contribution in [1.82, 2.24) is 9.55 Å². The molecule has 0 saturated carbocycles. The molecule has 0 spiro atoms. The molecule has 246 valence electrons. The summed E-state index contributed by atoms with van der Waals surface area (Å²) in [4.78, 5) is 6.86. The number of rotatable bonds is 8. The van der Waals surface area contributed by atoms with Gasteiger partial charge in [0.25, 0.3) is 0 Å². The van der Waals surface area contributed by atoms with Crippen LogP contribution in [0.3, 0.4) is 0 Å². The van der Waals surface area contributed by atoms with Gasteiger partial charge in [-0.15, -0.1) is 0 Å². The highest BCUT2D eigenvalue weighted by atomic mass is 15.1. The van der Waals surface area contributed by atoms with Crippen LogP contribution in [0.25, 0.3) is 61.2 Å². The van der Waals surface area contributed by atoms with E-state index in [0.717, 1.165) is 34.0 Å². The Hall–Kier alpha value is -6.97. The Morgan fingerprint density at radius 1 is 0.365 bits per heavy atom. The van der Waals surface area contributed by atoms with Crippen LogP contribution in [-0.2, 0) is 0 Å². The van der Waals surface area contributed by atoms with E-state index >= 15 is 0 Å². The predicted molar refractivity (Wildman–Crippen MR) is 217 cm³/mol. The van der Waals surface area contributed by atoms with Gasteiger partial charge in [-0.25, -0.2) is 0 Å². The molecule has 0 N–H and O–H groups in total. The lowest BCUT2D eigenvalue weighted by Crippen LogP contribution is -2.09. The van der Waals surface area contributed by atoms with Gasteiger partial charge in [-0.1, -0.05) is 133 Å². The summed E-state index contributed by atoms with van der Waals surface area (Å²) < 4.78 is 2.30. The van der Waals surface area contributed by atoms with Crippen LogP contribution in [0, 0.1) is 0 Å². The topological polar surface area (TPSA) is 21.1 Å². The first-order chi connectivity index (χ1) is 25.8. The average molecular weight is 666 g/mol. The van der Waals surface area contributed by atoms with Crippen molar-refractivity contribution in [3.05, 3.63) is 213 Å². The summed E-state index contributed by atoms with van der Waals surface area (Å²) in [5.41, 5.74) is 14.9. The molecular formula is C49H35N3. The van der Waals surface area contributed by atoms with Gasteiger partial charge < -0.3 is 9.47 Å². The van der Waals surface area contributed by atoms with Gasteiger partial charge in [0.1, 0.15) is 0 Å². The second-order valence-electron chi connectivity index (χ2n) is 12.9. The number of aromatic nitrogens is 2. The Balaban J connectivity index is 1.03. The Morgan fingerprint density at radius 3 is 1.38 bits per heavy atom. The Kier molecular flexibility index (Phi) is 8.20. The first kappa shape index (κ1) is 31.0. The molecule has 0 amide bonds. The Labute approximate surface area is 304 Å². The number of benzene rings is 7. The van der Waals surface area contributed by atoms with E-state index in [1.54, 1.807) is 0 Å². The Bertz CT molecular complexity index is 2470. The summed E-state index contributed by atoms with van der Waals surface area (Å²) in [5.74, 6) is 0. The summed E-state index contributed by atoms with van der Waals surface area (Å²) in [5, 5.41) is 1.25. The van der Waals surface area contributed by atoms with Crippen LogP contribution >= 0.6 is 0 Å². The molecule has 3 nitrogen and oxygen atoms in total. The monoisotopic (exact) mass is 665 g/mol. The molecule has 0 saturated heterocycles. The van der Waals surface area contributed by atoms with E-state index in [1.165, 1.54) is 44.3 Å². The van der Waals surface area contributed by atoms with Crippen LogP contribution in [0.15, 0.2) is 213 Å². The van der Waals surface area contributed by atoms with E-state index in [1.807, 2.05) is 24.4 Å². The van der Waals surface area contributed by atoms with E-state index in [2.05, 4.69) is 203 Å². The van der Waals surface area contributed by atoms with Crippen LogP contribution in [0.4, 0.5) is 17.1 Å². The van der Waals surface area contributed by atoms with Crippen LogP contribution in [0.2, 0.25) is 0 Å². The highest BCUT2D eigenvalue weighted by molar-refractivity contribution is 5.97. The van der Waals surface area contributed by atoms with Crippen molar-refractivity contribution < 1.29 is 0 Å². The molecule has 0 radical (unpaired) electrons. The van der Waals surface area contributed by atoms with Gasteiger partial charge in [-0.2, -0.15) is 0 Å². The zero-order chi connectivity index (χ0) is 34.7. The maximum Gasteiger partial charge on any atom is 0.0701 e. The zero-order valence-electron chi connectivity index (χ0n) is 28.5. The zero-order valence-corrected chi connectivity index (χ0v) is 28.5. The van der Waals surface area contributed by atoms with Gasteiger partial charge >= 0.3 is 0 Å². The largest absolute Gasteiger partial charge is 0.316 e. The second kappa shape index (κ2) is 13.7. The maximum atomic E-state index is 4.55. The molecule has 9 rings (SSSR count). The number of para-hydroxylation sites is 1. The molecular weight excluding hydrogens is 631 g/mol. The van der Waals surface area contributed by atoms with Crippen molar-refractivity contribution in [2.45, 2.75) is 0 Å². The third kappa shape index (κ3) is 6.06. The standard InChI is InChI=1S/C49H35N3/c1-3-11-36(12-4-1)37-20-28-43(29-21-37)52(45-32-24-41(25-33-45)48-16-9-10-34-50-48)44-30-22-39(23-31-44)38-18-26-42(27-19-38)51-35-47(40-13-5-2-6-14-40)46-15-7-8-17-49(46)51/h1-35H. The van der Waals surface area contributed by atoms with E-state index in [0.29, 0.717) is 0 Å². The smallest absolute Gasteiger partial charge is 0.0701 e. The average Bonchev–Trinajstić information content (AvgIpc) is 3.63. The van der Waals surface area contributed by atoms with E-state index in [4.69, 9.17) is 0 Å². The molecule has 7 aromatic carbocycles. The summed E-state index contributed by atoms with van der Waals surface area (Å²) in [6.45, 7) is 0.